The van der Waals surface area contributed by atoms with E-state index in [9.17, 15) is 5.11 Å². The molecule has 0 aliphatic rings. The van der Waals surface area contributed by atoms with Gasteiger partial charge in [0.15, 0.2) is 0 Å². The highest BCUT2D eigenvalue weighted by atomic mass is 33.1. The number of aliphatic hydroxyl groups excluding tert-OH is 1. The lowest BCUT2D eigenvalue weighted by atomic mass is 10.3. The Hall–Kier alpha value is 0.0300. The van der Waals surface area contributed by atoms with E-state index in [2.05, 4.69) is 29.4 Å². The molecule has 1 unspecified atom stereocenters. The fourth-order valence-corrected chi connectivity index (χ4v) is 3.13. The van der Waals surface area contributed by atoms with Crippen molar-refractivity contribution < 1.29 is 5.11 Å². The minimum Gasteiger partial charge on any atom is -0.379 e. The van der Waals surface area contributed by atoms with Crippen molar-refractivity contribution in [1.29, 1.82) is 0 Å². The molecule has 0 fully saturated rings. The Kier molecular flexibility index (Phi) is 12.5. The molecule has 0 radical (unpaired) electrons. The molecule has 0 heterocycles. The van der Waals surface area contributed by atoms with Crippen LogP contribution in [-0.2, 0) is 0 Å². The standard InChI is InChI=1S/C12H24N2OS2/c1-4-6-7-8-12(13-3)17-16-10-9-11(15)14-5-2/h7-8,11,14-15H,4-6,9-10H2,1-3H3. The van der Waals surface area contributed by atoms with Crippen LogP contribution in [0, 0.1) is 0 Å². The van der Waals surface area contributed by atoms with Crippen LogP contribution in [0.25, 0.3) is 0 Å². The number of rotatable bonds is 9. The lowest BCUT2D eigenvalue weighted by Gasteiger charge is -2.09. The highest BCUT2D eigenvalue weighted by Crippen LogP contribution is 2.24. The van der Waals surface area contributed by atoms with E-state index >= 15 is 0 Å². The van der Waals surface area contributed by atoms with Crippen LogP contribution >= 0.6 is 21.6 Å². The largest absolute Gasteiger partial charge is 0.379 e. The SMILES string of the molecule is CCCC=CC(=NC)SSCCC(O)NCC. The predicted molar refractivity (Wildman–Crippen MR) is 81.8 cm³/mol. The summed E-state index contributed by atoms with van der Waals surface area (Å²) >= 11 is 0. The number of hydrogen-bond acceptors (Lipinski definition) is 5. The number of aliphatic hydroxyl groups is 1. The Balaban J connectivity index is 3.64. The number of hydrogen-bond donors (Lipinski definition) is 2. The monoisotopic (exact) mass is 276 g/mol. The number of unbranched alkanes of at least 4 members (excludes halogenated alkanes) is 1. The highest BCUT2D eigenvalue weighted by molar-refractivity contribution is 8.82. The summed E-state index contributed by atoms with van der Waals surface area (Å²) in [6.07, 6.45) is 6.88. The van der Waals surface area contributed by atoms with Crippen LogP contribution in [0.2, 0.25) is 0 Å². The maximum Gasteiger partial charge on any atom is 0.105 e. The van der Waals surface area contributed by atoms with Crippen molar-refractivity contribution in [3.05, 3.63) is 12.2 Å². The summed E-state index contributed by atoms with van der Waals surface area (Å²) in [5.74, 6) is 0.916. The van der Waals surface area contributed by atoms with Crippen LogP contribution in [0.1, 0.15) is 33.1 Å². The van der Waals surface area contributed by atoms with E-state index in [1.807, 2.05) is 14.0 Å². The van der Waals surface area contributed by atoms with Crippen LogP contribution in [0.5, 0.6) is 0 Å². The molecule has 0 aliphatic heterocycles. The molecular formula is C12H24N2OS2. The van der Waals surface area contributed by atoms with Gasteiger partial charge in [0, 0.05) is 12.8 Å². The van der Waals surface area contributed by atoms with Gasteiger partial charge in [0.05, 0.1) is 0 Å². The number of nitrogens with one attached hydrogen (secondary N) is 1. The smallest absolute Gasteiger partial charge is 0.105 e. The summed E-state index contributed by atoms with van der Waals surface area (Å²) in [6, 6.07) is 0. The van der Waals surface area contributed by atoms with Crippen molar-refractivity contribution in [2.45, 2.75) is 39.3 Å². The van der Waals surface area contributed by atoms with Gasteiger partial charge in [0.25, 0.3) is 0 Å². The third kappa shape index (κ3) is 10.9. The number of allylic oxidation sites excluding steroid dienone is 1. The first-order valence-corrected chi connectivity index (χ1v) is 8.40. The zero-order valence-electron chi connectivity index (χ0n) is 11.0. The molecule has 1 atom stereocenters. The third-order valence-corrected chi connectivity index (χ3v) is 4.37. The molecule has 0 amide bonds. The average molecular weight is 276 g/mol. The van der Waals surface area contributed by atoms with Crippen LogP contribution in [0.15, 0.2) is 17.1 Å². The van der Waals surface area contributed by atoms with E-state index in [0.29, 0.717) is 0 Å². The van der Waals surface area contributed by atoms with E-state index in [-0.39, 0.29) is 6.23 Å². The van der Waals surface area contributed by atoms with E-state index in [4.69, 9.17) is 0 Å². The molecule has 0 aromatic heterocycles. The van der Waals surface area contributed by atoms with Crippen molar-refractivity contribution in [2.75, 3.05) is 19.3 Å². The van der Waals surface area contributed by atoms with Crippen molar-refractivity contribution in [3.63, 3.8) is 0 Å². The summed E-state index contributed by atoms with van der Waals surface area (Å²) in [5, 5.41) is 13.5. The Morgan fingerprint density at radius 2 is 2.24 bits per heavy atom. The van der Waals surface area contributed by atoms with Gasteiger partial charge in [-0.1, -0.05) is 37.1 Å². The second-order valence-corrected chi connectivity index (χ2v) is 5.96. The second-order valence-electron chi connectivity index (χ2n) is 3.52. The maximum absolute atomic E-state index is 9.47. The van der Waals surface area contributed by atoms with Crippen LogP contribution in [0.4, 0.5) is 0 Å². The lowest BCUT2D eigenvalue weighted by molar-refractivity contribution is 0.137. The molecule has 0 aromatic carbocycles. The Morgan fingerprint density at radius 3 is 2.82 bits per heavy atom. The Morgan fingerprint density at radius 1 is 1.47 bits per heavy atom. The molecule has 0 rings (SSSR count). The number of aliphatic imine (C=N–C) groups is 1. The molecule has 0 bridgehead atoms. The Labute approximate surface area is 113 Å². The summed E-state index contributed by atoms with van der Waals surface area (Å²) < 4.78 is 0. The van der Waals surface area contributed by atoms with E-state index in [0.717, 1.165) is 30.2 Å². The van der Waals surface area contributed by atoms with Gasteiger partial charge in [-0.25, -0.2) is 0 Å². The van der Waals surface area contributed by atoms with Crippen LogP contribution in [-0.4, -0.2) is 35.7 Å². The van der Waals surface area contributed by atoms with Gasteiger partial charge >= 0.3 is 0 Å². The van der Waals surface area contributed by atoms with Gasteiger partial charge in [-0.2, -0.15) is 0 Å². The Bertz CT molecular complexity index is 233. The van der Waals surface area contributed by atoms with Crippen molar-refractivity contribution in [1.82, 2.24) is 5.32 Å². The predicted octanol–water partition coefficient (Wildman–Crippen LogP) is 3.07. The zero-order valence-corrected chi connectivity index (χ0v) is 12.6. The summed E-state index contributed by atoms with van der Waals surface area (Å²) in [7, 11) is 5.22. The van der Waals surface area contributed by atoms with Crippen LogP contribution < -0.4 is 5.32 Å². The summed E-state index contributed by atoms with van der Waals surface area (Å²) in [4.78, 5) is 4.21. The quantitative estimate of drug-likeness (QED) is 0.223. The zero-order chi connectivity index (χ0) is 12.9. The van der Waals surface area contributed by atoms with Crippen LogP contribution in [0.3, 0.4) is 0 Å². The normalized spacial score (nSPS) is 14.5. The summed E-state index contributed by atoms with van der Waals surface area (Å²) in [6.45, 7) is 4.96. The molecule has 0 aromatic rings. The first-order chi connectivity index (χ1) is 8.24. The van der Waals surface area contributed by atoms with Crippen molar-refractivity contribution in [2.24, 2.45) is 4.99 Å². The van der Waals surface area contributed by atoms with E-state index < -0.39 is 0 Å². The first kappa shape index (κ1) is 17.0. The van der Waals surface area contributed by atoms with E-state index in [1.54, 1.807) is 21.6 Å². The molecule has 0 saturated carbocycles. The maximum atomic E-state index is 9.47. The molecule has 0 aliphatic carbocycles. The fourth-order valence-electron chi connectivity index (χ4n) is 1.09. The molecule has 0 saturated heterocycles. The lowest BCUT2D eigenvalue weighted by Crippen LogP contribution is -2.28. The minimum atomic E-state index is -0.384. The molecule has 3 nitrogen and oxygen atoms in total. The molecule has 17 heavy (non-hydrogen) atoms. The molecule has 5 heteroatoms. The molecule has 0 spiro atoms. The third-order valence-electron chi connectivity index (χ3n) is 1.99. The van der Waals surface area contributed by atoms with Gasteiger partial charge < -0.3 is 5.11 Å². The minimum absolute atomic E-state index is 0.384. The second kappa shape index (κ2) is 12.5. The van der Waals surface area contributed by atoms with Gasteiger partial charge in [-0.3, -0.25) is 10.3 Å². The van der Waals surface area contributed by atoms with Crippen molar-refractivity contribution in [3.8, 4) is 0 Å². The van der Waals surface area contributed by atoms with E-state index in [1.165, 1.54) is 6.42 Å². The van der Waals surface area contributed by atoms with Gasteiger partial charge in [-0.15, -0.1) is 0 Å². The first-order valence-electron chi connectivity index (χ1n) is 6.08. The molecular weight excluding hydrogens is 252 g/mol. The average Bonchev–Trinajstić information content (AvgIpc) is 2.32. The molecule has 100 valence electrons. The van der Waals surface area contributed by atoms with Gasteiger partial charge in [0.1, 0.15) is 11.3 Å². The van der Waals surface area contributed by atoms with Gasteiger partial charge in [-0.05, 0) is 36.3 Å². The fraction of sp³-hybridized carbons (Fsp3) is 0.750. The van der Waals surface area contributed by atoms with Crippen molar-refractivity contribution >= 4 is 26.6 Å². The molecule has 2 N–H and O–H groups in total. The summed E-state index contributed by atoms with van der Waals surface area (Å²) in [5.41, 5.74) is 0. The van der Waals surface area contributed by atoms with Gasteiger partial charge in [0.2, 0.25) is 0 Å². The number of nitrogens with zero attached hydrogens (tertiary/aromatic N) is 1. The topological polar surface area (TPSA) is 44.6 Å². The highest BCUT2D eigenvalue weighted by Gasteiger charge is 2.02.